The molecule has 138 valence electrons. The number of piperidine rings is 1. The van der Waals surface area contributed by atoms with Crippen molar-refractivity contribution in [1.82, 2.24) is 10.2 Å². The summed E-state index contributed by atoms with van der Waals surface area (Å²) in [6.07, 6.45) is 3.84. The van der Waals surface area contributed by atoms with Crippen LogP contribution in [-0.2, 0) is 9.53 Å². The van der Waals surface area contributed by atoms with Gasteiger partial charge in [0.05, 0.1) is 6.10 Å². The minimum absolute atomic E-state index is 0. The third-order valence-corrected chi connectivity index (χ3v) is 4.56. The summed E-state index contributed by atoms with van der Waals surface area (Å²) < 4.78 is 5.60. The highest BCUT2D eigenvalue weighted by Gasteiger charge is 2.29. The molecule has 5 nitrogen and oxygen atoms in total. The number of carbonyl (C=O) groups excluding carboxylic acids is 1. The smallest absolute Gasteiger partial charge is 0.249 e. The second-order valence-electron chi connectivity index (χ2n) is 6.91. The van der Waals surface area contributed by atoms with E-state index in [2.05, 4.69) is 24.1 Å². The van der Waals surface area contributed by atoms with E-state index in [9.17, 15) is 4.79 Å². The van der Waals surface area contributed by atoms with Crippen molar-refractivity contribution < 1.29 is 9.53 Å². The van der Waals surface area contributed by atoms with E-state index in [0.717, 1.165) is 44.2 Å². The average molecular weight is 370 g/mol. The Hall–Kier alpha value is -0.0700. The molecule has 2 fully saturated rings. The largest absolute Gasteiger partial charge is 0.364 e. The van der Waals surface area contributed by atoms with Gasteiger partial charge in [0.2, 0.25) is 5.91 Å². The van der Waals surface area contributed by atoms with E-state index in [1.165, 1.54) is 19.5 Å². The third-order valence-electron chi connectivity index (χ3n) is 4.56. The van der Waals surface area contributed by atoms with Crippen molar-refractivity contribution in [1.29, 1.82) is 0 Å². The van der Waals surface area contributed by atoms with Gasteiger partial charge in [0.1, 0.15) is 6.10 Å². The standard InChI is InChI=1S/C16H31N3O2.2ClH/c1-12-8-13(2)11-19(10-12)7-3-6-18-16(20)15-5-4-14(9-17)21-15;;/h12-15H,3-11,17H2,1-2H3,(H,18,20);2*1H/t12?,13?,14-,15+;;/m1../s1. The van der Waals surface area contributed by atoms with Crippen molar-refractivity contribution in [2.24, 2.45) is 17.6 Å². The second-order valence-corrected chi connectivity index (χ2v) is 6.91. The summed E-state index contributed by atoms with van der Waals surface area (Å²) in [6, 6.07) is 0. The minimum atomic E-state index is -0.284. The van der Waals surface area contributed by atoms with Crippen LogP contribution in [0.5, 0.6) is 0 Å². The number of hydrogen-bond donors (Lipinski definition) is 2. The minimum Gasteiger partial charge on any atom is -0.364 e. The van der Waals surface area contributed by atoms with Crippen molar-refractivity contribution in [3.63, 3.8) is 0 Å². The Kier molecular flexibility index (Phi) is 11.4. The van der Waals surface area contributed by atoms with Crippen LogP contribution in [0.25, 0.3) is 0 Å². The summed E-state index contributed by atoms with van der Waals surface area (Å²) in [5, 5.41) is 3.00. The summed E-state index contributed by atoms with van der Waals surface area (Å²) in [5.74, 6) is 1.62. The van der Waals surface area contributed by atoms with Crippen molar-refractivity contribution in [2.45, 2.75) is 51.7 Å². The number of nitrogens with one attached hydrogen (secondary N) is 1. The number of carbonyl (C=O) groups is 1. The van der Waals surface area contributed by atoms with Crippen LogP contribution < -0.4 is 11.1 Å². The Labute approximate surface area is 152 Å². The van der Waals surface area contributed by atoms with Gasteiger partial charge in [-0.3, -0.25) is 4.79 Å². The Balaban J connectivity index is 0.00000242. The van der Waals surface area contributed by atoms with E-state index in [4.69, 9.17) is 10.5 Å². The summed E-state index contributed by atoms with van der Waals surface area (Å²) >= 11 is 0. The summed E-state index contributed by atoms with van der Waals surface area (Å²) in [7, 11) is 0. The summed E-state index contributed by atoms with van der Waals surface area (Å²) in [5.41, 5.74) is 5.56. The maximum absolute atomic E-state index is 12.0. The molecule has 0 aromatic heterocycles. The van der Waals surface area contributed by atoms with Gasteiger partial charge in [-0.05, 0) is 44.1 Å². The molecule has 3 N–H and O–H groups in total. The van der Waals surface area contributed by atoms with Gasteiger partial charge in [0.25, 0.3) is 0 Å². The lowest BCUT2D eigenvalue weighted by Gasteiger charge is -2.34. The number of ether oxygens (including phenoxy) is 1. The van der Waals surface area contributed by atoms with Crippen molar-refractivity contribution in [3.05, 3.63) is 0 Å². The molecule has 0 aromatic rings. The maximum atomic E-state index is 12.0. The van der Waals surface area contributed by atoms with E-state index in [-0.39, 0.29) is 42.9 Å². The number of amides is 1. The second kappa shape index (κ2) is 11.5. The van der Waals surface area contributed by atoms with Gasteiger partial charge in [0, 0.05) is 26.2 Å². The molecule has 2 saturated heterocycles. The molecule has 0 spiro atoms. The van der Waals surface area contributed by atoms with Crippen LogP contribution in [0.3, 0.4) is 0 Å². The lowest BCUT2D eigenvalue weighted by atomic mass is 9.92. The fourth-order valence-electron chi connectivity index (χ4n) is 3.67. The fraction of sp³-hybridized carbons (Fsp3) is 0.938. The Morgan fingerprint density at radius 2 is 1.87 bits per heavy atom. The van der Waals surface area contributed by atoms with Crippen LogP contribution in [0.1, 0.15) is 39.5 Å². The van der Waals surface area contributed by atoms with Gasteiger partial charge in [-0.15, -0.1) is 24.8 Å². The zero-order valence-corrected chi connectivity index (χ0v) is 16.0. The van der Waals surface area contributed by atoms with E-state index < -0.39 is 0 Å². The van der Waals surface area contributed by atoms with Crippen LogP contribution >= 0.6 is 24.8 Å². The number of halogens is 2. The Bertz CT molecular complexity index is 337. The molecule has 0 aromatic carbocycles. The predicted molar refractivity (Wildman–Crippen MR) is 98.5 cm³/mol. The van der Waals surface area contributed by atoms with Gasteiger partial charge in [-0.2, -0.15) is 0 Å². The van der Waals surface area contributed by atoms with Crippen molar-refractivity contribution in [3.8, 4) is 0 Å². The summed E-state index contributed by atoms with van der Waals surface area (Å²) in [6.45, 7) is 9.38. The molecule has 0 saturated carbocycles. The fourth-order valence-corrected chi connectivity index (χ4v) is 3.67. The Morgan fingerprint density at radius 3 is 2.43 bits per heavy atom. The first-order valence-corrected chi connectivity index (χ1v) is 8.44. The van der Waals surface area contributed by atoms with Gasteiger partial charge in [-0.1, -0.05) is 13.8 Å². The van der Waals surface area contributed by atoms with Crippen molar-refractivity contribution >= 4 is 30.7 Å². The van der Waals surface area contributed by atoms with Gasteiger partial charge in [-0.25, -0.2) is 0 Å². The number of nitrogens with two attached hydrogens (primary N) is 1. The predicted octanol–water partition coefficient (Wildman–Crippen LogP) is 1.82. The normalized spacial score (nSPS) is 31.1. The van der Waals surface area contributed by atoms with Crippen LogP contribution in [0.2, 0.25) is 0 Å². The topological polar surface area (TPSA) is 67.6 Å². The van der Waals surface area contributed by atoms with Gasteiger partial charge < -0.3 is 20.7 Å². The first-order valence-electron chi connectivity index (χ1n) is 8.44. The molecular weight excluding hydrogens is 337 g/mol. The maximum Gasteiger partial charge on any atom is 0.249 e. The Morgan fingerprint density at radius 1 is 1.22 bits per heavy atom. The highest BCUT2D eigenvalue weighted by Crippen LogP contribution is 2.21. The molecule has 2 rings (SSSR count). The molecule has 7 heteroatoms. The zero-order chi connectivity index (χ0) is 15.2. The summed E-state index contributed by atoms with van der Waals surface area (Å²) in [4.78, 5) is 14.5. The lowest BCUT2D eigenvalue weighted by Crippen LogP contribution is -2.41. The zero-order valence-electron chi connectivity index (χ0n) is 14.3. The third kappa shape index (κ3) is 7.57. The number of nitrogens with zero attached hydrogens (tertiary/aromatic N) is 1. The number of rotatable bonds is 6. The molecular formula is C16H33Cl2N3O2. The average Bonchev–Trinajstić information content (AvgIpc) is 2.91. The molecule has 1 amide bonds. The van der Waals surface area contributed by atoms with Crippen LogP contribution in [0.15, 0.2) is 0 Å². The first-order chi connectivity index (χ1) is 10.1. The quantitative estimate of drug-likeness (QED) is 0.700. The van der Waals surface area contributed by atoms with E-state index in [1.807, 2.05) is 0 Å². The van der Waals surface area contributed by atoms with Crippen LogP contribution in [-0.4, -0.2) is 55.7 Å². The van der Waals surface area contributed by atoms with Crippen LogP contribution in [0, 0.1) is 11.8 Å². The molecule has 0 radical (unpaired) electrons. The van der Waals surface area contributed by atoms with E-state index in [0.29, 0.717) is 6.54 Å². The molecule has 2 heterocycles. The monoisotopic (exact) mass is 369 g/mol. The van der Waals surface area contributed by atoms with Crippen LogP contribution in [0.4, 0.5) is 0 Å². The van der Waals surface area contributed by atoms with Gasteiger partial charge in [0.15, 0.2) is 0 Å². The number of likely N-dealkylation sites (tertiary alicyclic amines) is 1. The SMILES string of the molecule is CC1CC(C)CN(CCCNC(=O)[C@@H]2CC[C@H](CN)O2)C1.Cl.Cl. The lowest BCUT2D eigenvalue weighted by molar-refractivity contribution is -0.131. The highest BCUT2D eigenvalue weighted by atomic mass is 35.5. The molecule has 0 aliphatic carbocycles. The molecule has 2 aliphatic heterocycles. The van der Waals surface area contributed by atoms with Crippen molar-refractivity contribution in [2.75, 3.05) is 32.7 Å². The molecule has 0 bridgehead atoms. The van der Waals surface area contributed by atoms with E-state index >= 15 is 0 Å². The molecule has 23 heavy (non-hydrogen) atoms. The first kappa shape index (κ1) is 22.9. The molecule has 4 atom stereocenters. The molecule has 2 aliphatic rings. The van der Waals surface area contributed by atoms with Gasteiger partial charge >= 0.3 is 0 Å². The van der Waals surface area contributed by atoms with E-state index in [1.54, 1.807) is 0 Å². The highest BCUT2D eigenvalue weighted by molar-refractivity contribution is 5.85. The molecule has 2 unspecified atom stereocenters. The number of hydrogen-bond acceptors (Lipinski definition) is 4.